The van der Waals surface area contributed by atoms with Crippen LogP contribution in [0, 0.1) is 5.92 Å². The van der Waals surface area contributed by atoms with Gasteiger partial charge in [0.2, 0.25) is 10.0 Å². The average Bonchev–Trinajstić information content (AvgIpc) is 2.29. The van der Waals surface area contributed by atoms with Crippen molar-refractivity contribution >= 4 is 10.0 Å². The first-order valence-electron chi connectivity index (χ1n) is 6.66. The van der Waals surface area contributed by atoms with Gasteiger partial charge in [0.05, 0.1) is 5.25 Å². The molecule has 0 spiro atoms. The summed E-state index contributed by atoms with van der Waals surface area (Å²) in [5.74, 6) is 0.874. The second-order valence-corrected chi connectivity index (χ2v) is 7.50. The lowest BCUT2D eigenvalue weighted by Gasteiger charge is -2.31. The lowest BCUT2D eigenvalue weighted by Crippen LogP contribution is -2.41. The van der Waals surface area contributed by atoms with Gasteiger partial charge in [-0.1, -0.05) is 13.3 Å². The van der Waals surface area contributed by atoms with Crippen LogP contribution in [-0.2, 0) is 10.0 Å². The molecule has 0 bridgehead atoms. The van der Waals surface area contributed by atoms with E-state index in [1.807, 2.05) is 0 Å². The van der Waals surface area contributed by atoms with E-state index in [2.05, 4.69) is 16.5 Å². The van der Waals surface area contributed by atoms with E-state index in [0.29, 0.717) is 6.54 Å². The number of likely N-dealkylation sites (tertiary alicyclic amines) is 1. The maximum atomic E-state index is 11.5. The Hall–Kier alpha value is -0.130. The second kappa shape index (κ2) is 6.71. The van der Waals surface area contributed by atoms with Crippen LogP contribution >= 0.6 is 0 Å². The molecule has 4 nitrogen and oxygen atoms in total. The van der Waals surface area contributed by atoms with Crippen molar-refractivity contribution in [2.45, 2.75) is 45.3 Å². The highest BCUT2D eigenvalue weighted by molar-refractivity contribution is 7.90. The van der Waals surface area contributed by atoms with Crippen molar-refractivity contribution in [1.29, 1.82) is 0 Å². The molecule has 0 amide bonds. The Bertz CT molecular complexity index is 306. The molecule has 5 heteroatoms. The molecule has 1 heterocycles. The molecule has 102 valence electrons. The van der Waals surface area contributed by atoms with Crippen LogP contribution in [0.3, 0.4) is 0 Å². The van der Waals surface area contributed by atoms with Crippen LogP contribution in [0.1, 0.15) is 40.0 Å². The van der Waals surface area contributed by atoms with Gasteiger partial charge in [-0.2, -0.15) is 0 Å². The lowest BCUT2D eigenvalue weighted by molar-refractivity contribution is 0.185. The molecular formula is C12H26N2O2S. The van der Waals surface area contributed by atoms with Gasteiger partial charge in [0, 0.05) is 13.1 Å². The van der Waals surface area contributed by atoms with Gasteiger partial charge in [0.25, 0.3) is 0 Å². The lowest BCUT2D eigenvalue weighted by atomic mass is 9.94. The van der Waals surface area contributed by atoms with E-state index in [-0.39, 0.29) is 5.25 Å². The minimum atomic E-state index is -3.09. The van der Waals surface area contributed by atoms with Crippen molar-refractivity contribution in [1.82, 2.24) is 9.62 Å². The quantitative estimate of drug-likeness (QED) is 0.788. The molecule has 0 atom stereocenters. The third-order valence-corrected chi connectivity index (χ3v) is 5.48. The van der Waals surface area contributed by atoms with E-state index in [1.165, 1.54) is 19.3 Å². The van der Waals surface area contributed by atoms with E-state index in [0.717, 1.165) is 25.6 Å². The van der Waals surface area contributed by atoms with E-state index in [4.69, 9.17) is 0 Å². The summed E-state index contributed by atoms with van der Waals surface area (Å²) in [5, 5.41) is -0.340. The average molecular weight is 262 g/mol. The summed E-state index contributed by atoms with van der Waals surface area (Å²) in [5.41, 5.74) is 0. The zero-order valence-electron chi connectivity index (χ0n) is 11.3. The van der Waals surface area contributed by atoms with Crippen LogP contribution in [0.5, 0.6) is 0 Å². The summed E-state index contributed by atoms with van der Waals surface area (Å²) in [4.78, 5) is 2.36. The molecule has 0 radical (unpaired) electrons. The standard InChI is InChI=1S/C12H26N2O2S/c1-4-12-5-8-14(9-6-12)10-7-13-17(15,16)11(2)3/h11-13H,4-10H2,1-3H3. The molecule has 0 aromatic rings. The molecule has 1 fully saturated rings. The Labute approximate surface area is 106 Å². The van der Waals surface area contributed by atoms with Gasteiger partial charge in [-0.25, -0.2) is 13.1 Å². The Morgan fingerprint density at radius 2 is 1.88 bits per heavy atom. The number of hydrogen-bond donors (Lipinski definition) is 1. The smallest absolute Gasteiger partial charge is 0.213 e. The van der Waals surface area contributed by atoms with Crippen molar-refractivity contribution in [3.63, 3.8) is 0 Å². The van der Waals surface area contributed by atoms with E-state index >= 15 is 0 Å². The van der Waals surface area contributed by atoms with Gasteiger partial charge in [-0.15, -0.1) is 0 Å². The summed E-state index contributed by atoms with van der Waals surface area (Å²) in [6, 6.07) is 0. The topological polar surface area (TPSA) is 49.4 Å². The molecule has 0 aliphatic carbocycles. The molecule has 1 aliphatic rings. The first kappa shape index (κ1) is 14.9. The molecule has 0 aromatic heterocycles. The van der Waals surface area contributed by atoms with Crippen LogP contribution < -0.4 is 4.72 Å². The van der Waals surface area contributed by atoms with Crippen LogP contribution in [0.4, 0.5) is 0 Å². The van der Waals surface area contributed by atoms with Gasteiger partial charge < -0.3 is 4.90 Å². The molecule has 1 saturated heterocycles. The molecular weight excluding hydrogens is 236 g/mol. The zero-order chi connectivity index (χ0) is 12.9. The van der Waals surface area contributed by atoms with Gasteiger partial charge >= 0.3 is 0 Å². The van der Waals surface area contributed by atoms with Gasteiger partial charge in [-0.05, 0) is 45.7 Å². The molecule has 1 N–H and O–H groups in total. The molecule has 0 saturated carbocycles. The SMILES string of the molecule is CCC1CCN(CCNS(=O)(=O)C(C)C)CC1. The number of nitrogens with one attached hydrogen (secondary N) is 1. The monoisotopic (exact) mass is 262 g/mol. The van der Waals surface area contributed by atoms with Crippen molar-refractivity contribution in [3.8, 4) is 0 Å². The first-order chi connectivity index (χ1) is 7.95. The largest absolute Gasteiger partial charge is 0.302 e. The van der Waals surface area contributed by atoms with E-state index < -0.39 is 10.0 Å². The van der Waals surface area contributed by atoms with Gasteiger partial charge in [-0.3, -0.25) is 0 Å². The Kier molecular flexibility index (Phi) is 5.89. The summed E-state index contributed by atoms with van der Waals surface area (Å²) < 4.78 is 25.7. The fourth-order valence-electron chi connectivity index (χ4n) is 2.13. The second-order valence-electron chi connectivity index (χ2n) is 5.18. The van der Waals surface area contributed by atoms with Gasteiger partial charge in [0.1, 0.15) is 0 Å². The summed E-state index contributed by atoms with van der Waals surface area (Å²) in [6.45, 7) is 9.25. The number of rotatable bonds is 6. The highest BCUT2D eigenvalue weighted by Crippen LogP contribution is 2.19. The van der Waals surface area contributed by atoms with E-state index in [1.54, 1.807) is 13.8 Å². The maximum absolute atomic E-state index is 11.5. The fraction of sp³-hybridized carbons (Fsp3) is 1.00. The van der Waals surface area contributed by atoms with Crippen molar-refractivity contribution in [3.05, 3.63) is 0 Å². The molecule has 1 aliphatic heterocycles. The number of hydrogen-bond acceptors (Lipinski definition) is 3. The minimum absolute atomic E-state index is 0.340. The van der Waals surface area contributed by atoms with Crippen molar-refractivity contribution < 1.29 is 8.42 Å². The summed E-state index contributed by atoms with van der Waals surface area (Å²) in [6.07, 6.45) is 3.79. The zero-order valence-corrected chi connectivity index (χ0v) is 12.1. The van der Waals surface area contributed by atoms with E-state index in [9.17, 15) is 8.42 Å². The minimum Gasteiger partial charge on any atom is -0.302 e. The Morgan fingerprint density at radius 3 is 2.35 bits per heavy atom. The normalized spacial score (nSPS) is 20.0. The highest BCUT2D eigenvalue weighted by Gasteiger charge is 2.19. The number of piperidine rings is 1. The van der Waals surface area contributed by atoms with Crippen LogP contribution in [0.15, 0.2) is 0 Å². The van der Waals surface area contributed by atoms with Crippen LogP contribution in [-0.4, -0.2) is 44.7 Å². The summed E-state index contributed by atoms with van der Waals surface area (Å²) in [7, 11) is -3.09. The number of sulfonamides is 1. The van der Waals surface area contributed by atoms with Crippen molar-refractivity contribution in [2.24, 2.45) is 5.92 Å². The first-order valence-corrected chi connectivity index (χ1v) is 8.21. The predicted molar refractivity (Wildman–Crippen MR) is 71.5 cm³/mol. The van der Waals surface area contributed by atoms with Gasteiger partial charge in [0.15, 0.2) is 0 Å². The Balaban J connectivity index is 2.20. The third-order valence-electron chi connectivity index (χ3n) is 3.64. The molecule has 17 heavy (non-hydrogen) atoms. The molecule has 0 unspecified atom stereocenters. The highest BCUT2D eigenvalue weighted by atomic mass is 32.2. The summed E-state index contributed by atoms with van der Waals surface area (Å²) >= 11 is 0. The van der Waals surface area contributed by atoms with Crippen LogP contribution in [0.25, 0.3) is 0 Å². The fourth-order valence-corrected chi connectivity index (χ4v) is 2.84. The third kappa shape index (κ3) is 4.94. The Morgan fingerprint density at radius 1 is 1.29 bits per heavy atom. The van der Waals surface area contributed by atoms with Crippen molar-refractivity contribution in [2.75, 3.05) is 26.2 Å². The van der Waals surface area contributed by atoms with Crippen LogP contribution in [0.2, 0.25) is 0 Å². The maximum Gasteiger partial charge on any atom is 0.213 e. The molecule has 1 rings (SSSR count). The predicted octanol–water partition coefficient (Wildman–Crippen LogP) is 1.44. The molecule has 0 aromatic carbocycles. The number of nitrogens with zero attached hydrogens (tertiary/aromatic N) is 1.